The Labute approximate surface area is 146 Å². The molecule has 26 heavy (non-hydrogen) atoms. The summed E-state index contributed by atoms with van der Waals surface area (Å²) in [6.07, 6.45) is 1.82. The standard InChI is InChI=1S/C17H16F2N2O5/c18-17(19)26-12-5-3-11(4-6-12)7-9-20-14(22)10-25-16(24)13-2-1-8-21-15(13)23/h1-6,8,17H,7,9-10H2,(H,20,22)(H,21,23). The smallest absolute Gasteiger partial charge is 0.387 e. The van der Waals surface area contributed by atoms with Crippen LogP contribution in [0.25, 0.3) is 0 Å². The summed E-state index contributed by atoms with van der Waals surface area (Å²) in [5, 5.41) is 2.55. The van der Waals surface area contributed by atoms with Crippen molar-refractivity contribution in [1.29, 1.82) is 0 Å². The van der Waals surface area contributed by atoms with Crippen molar-refractivity contribution in [1.82, 2.24) is 10.3 Å². The van der Waals surface area contributed by atoms with Gasteiger partial charge < -0.3 is 19.8 Å². The maximum Gasteiger partial charge on any atom is 0.387 e. The number of aromatic amines is 1. The number of pyridine rings is 1. The van der Waals surface area contributed by atoms with E-state index in [4.69, 9.17) is 4.74 Å². The molecule has 0 saturated carbocycles. The van der Waals surface area contributed by atoms with Crippen LogP contribution in [0.4, 0.5) is 8.78 Å². The Morgan fingerprint density at radius 3 is 2.54 bits per heavy atom. The Morgan fingerprint density at radius 2 is 1.88 bits per heavy atom. The lowest BCUT2D eigenvalue weighted by Gasteiger charge is -2.08. The van der Waals surface area contributed by atoms with Gasteiger partial charge in [0.1, 0.15) is 11.3 Å². The second kappa shape index (κ2) is 9.30. The molecular formula is C17H16F2N2O5. The molecule has 1 amide bonds. The molecule has 0 aliphatic heterocycles. The van der Waals surface area contributed by atoms with Crippen LogP contribution in [0.2, 0.25) is 0 Å². The quantitative estimate of drug-likeness (QED) is 0.690. The van der Waals surface area contributed by atoms with Crippen molar-refractivity contribution < 1.29 is 27.8 Å². The number of hydrogen-bond acceptors (Lipinski definition) is 5. The van der Waals surface area contributed by atoms with E-state index in [1.807, 2.05) is 0 Å². The number of rotatable bonds is 8. The van der Waals surface area contributed by atoms with E-state index in [9.17, 15) is 23.2 Å². The first-order valence-electron chi connectivity index (χ1n) is 7.61. The van der Waals surface area contributed by atoms with Crippen LogP contribution in [0, 0.1) is 0 Å². The lowest BCUT2D eigenvalue weighted by molar-refractivity contribution is -0.124. The third-order valence-electron chi connectivity index (χ3n) is 3.26. The topological polar surface area (TPSA) is 97.5 Å². The third kappa shape index (κ3) is 6.00. The summed E-state index contributed by atoms with van der Waals surface area (Å²) >= 11 is 0. The highest BCUT2D eigenvalue weighted by Crippen LogP contribution is 2.14. The van der Waals surface area contributed by atoms with Crippen LogP contribution < -0.4 is 15.6 Å². The van der Waals surface area contributed by atoms with Crippen LogP contribution in [-0.4, -0.2) is 36.6 Å². The van der Waals surface area contributed by atoms with Gasteiger partial charge in [0, 0.05) is 12.7 Å². The first-order valence-corrected chi connectivity index (χ1v) is 7.61. The zero-order valence-electron chi connectivity index (χ0n) is 13.5. The molecule has 2 rings (SSSR count). The summed E-state index contributed by atoms with van der Waals surface area (Å²) in [6.45, 7) is -3.14. The molecule has 2 N–H and O–H groups in total. The molecule has 9 heteroatoms. The number of hydrogen-bond donors (Lipinski definition) is 2. The van der Waals surface area contributed by atoms with Gasteiger partial charge in [0.2, 0.25) is 0 Å². The molecule has 0 saturated heterocycles. The van der Waals surface area contributed by atoms with Crippen molar-refractivity contribution in [2.24, 2.45) is 0 Å². The molecule has 0 aliphatic rings. The number of aromatic nitrogens is 1. The largest absolute Gasteiger partial charge is 0.452 e. The van der Waals surface area contributed by atoms with E-state index in [1.165, 1.54) is 30.5 Å². The van der Waals surface area contributed by atoms with Crippen LogP contribution in [0.5, 0.6) is 5.75 Å². The highest BCUT2D eigenvalue weighted by atomic mass is 19.3. The predicted octanol–water partition coefficient (Wildman–Crippen LogP) is 1.49. The number of esters is 1. The van der Waals surface area contributed by atoms with Crippen LogP contribution in [0.15, 0.2) is 47.4 Å². The highest BCUT2D eigenvalue weighted by Gasteiger charge is 2.13. The molecule has 7 nitrogen and oxygen atoms in total. The van der Waals surface area contributed by atoms with E-state index < -0.39 is 30.7 Å². The van der Waals surface area contributed by atoms with Gasteiger partial charge in [0.05, 0.1) is 0 Å². The Hall–Kier alpha value is -3.23. The van der Waals surface area contributed by atoms with E-state index in [1.54, 1.807) is 12.1 Å². The van der Waals surface area contributed by atoms with Gasteiger partial charge in [-0.05, 0) is 36.2 Å². The molecule has 0 unspecified atom stereocenters. The molecule has 0 radical (unpaired) electrons. The number of carbonyl (C=O) groups excluding carboxylic acids is 2. The minimum absolute atomic E-state index is 0.0515. The molecule has 0 aliphatic carbocycles. The van der Waals surface area contributed by atoms with Crippen molar-refractivity contribution in [3.8, 4) is 5.75 Å². The molecule has 0 atom stereocenters. The first-order chi connectivity index (χ1) is 12.5. The minimum Gasteiger partial charge on any atom is -0.452 e. The fourth-order valence-electron chi connectivity index (χ4n) is 2.03. The van der Waals surface area contributed by atoms with Crippen molar-refractivity contribution in [2.45, 2.75) is 13.0 Å². The van der Waals surface area contributed by atoms with Crippen molar-refractivity contribution in [2.75, 3.05) is 13.2 Å². The Bertz CT molecular complexity index is 805. The zero-order chi connectivity index (χ0) is 18.9. The molecule has 0 spiro atoms. The maximum absolute atomic E-state index is 12.0. The van der Waals surface area contributed by atoms with Crippen LogP contribution >= 0.6 is 0 Å². The fourth-order valence-corrected chi connectivity index (χ4v) is 2.03. The van der Waals surface area contributed by atoms with Gasteiger partial charge in [-0.1, -0.05) is 12.1 Å². The van der Waals surface area contributed by atoms with Crippen LogP contribution in [0.1, 0.15) is 15.9 Å². The summed E-state index contributed by atoms with van der Waals surface area (Å²) in [5.41, 5.74) is 0.0170. The number of ether oxygens (including phenoxy) is 2. The molecule has 1 aromatic carbocycles. The van der Waals surface area contributed by atoms with Crippen LogP contribution in [0.3, 0.4) is 0 Å². The van der Waals surface area contributed by atoms with E-state index >= 15 is 0 Å². The zero-order valence-corrected chi connectivity index (χ0v) is 13.5. The van der Waals surface area contributed by atoms with Gasteiger partial charge in [-0.15, -0.1) is 0 Å². The van der Waals surface area contributed by atoms with Gasteiger partial charge >= 0.3 is 12.6 Å². The van der Waals surface area contributed by atoms with Gasteiger partial charge in [0.25, 0.3) is 11.5 Å². The molecule has 0 fully saturated rings. The maximum atomic E-state index is 12.0. The van der Waals surface area contributed by atoms with Crippen molar-refractivity contribution >= 4 is 11.9 Å². The summed E-state index contributed by atoms with van der Waals surface area (Å²) in [4.78, 5) is 37.1. The number of carbonyl (C=O) groups is 2. The normalized spacial score (nSPS) is 10.4. The molecule has 1 heterocycles. The van der Waals surface area contributed by atoms with Crippen molar-refractivity contribution in [3.05, 3.63) is 64.1 Å². The molecule has 138 valence electrons. The minimum atomic E-state index is -2.88. The van der Waals surface area contributed by atoms with E-state index in [-0.39, 0.29) is 17.9 Å². The van der Waals surface area contributed by atoms with E-state index in [0.29, 0.717) is 6.42 Å². The predicted molar refractivity (Wildman–Crippen MR) is 87.1 cm³/mol. The second-order valence-electron chi connectivity index (χ2n) is 5.11. The Morgan fingerprint density at radius 1 is 1.15 bits per heavy atom. The second-order valence-corrected chi connectivity index (χ2v) is 5.11. The SMILES string of the molecule is O=C(COC(=O)c1ccc[nH]c1=O)NCCc1ccc(OC(F)F)cc1. The lowest BCUT2D eigenvalue weighted by Crippen LogP contribution is -2.31. The van der Waals surface area contributed by atoms with Gasteiger partial charge in [-0.3, -0.25) is 9.59 Å². The van der Waals surface area contributed by atoms with Crippen LogP contribution in [-0.2, 0) is 16.0 Å². The summed E-state index contributed by atoms with van der Waals surface area (Å²) in [7, 11) is 0. The summed E-state index contributed by atoms with van der Waals surface area (Å²) in [6, 6.07) is 8.78. The summed E-state index contributed by atoms with van der Waals surface area (Å²) < 4.78 is 33.1. The van der Waals surface area contributed by atoms with Crippen molar-refractivity contribution in [3.63, 3.8) is 0 Å². The number of H-pyrrole nitrogens is 1. The monoisotopic (exact) mass is 366 g/mol. The average Bonchev–Trinajstić information content (AvgIpc) is 2.61. The van der Waals surface area contributed by atoms with Gasteiger partial charge in [-0.2, -0.15) is 8.78 Å². The number of nitrogens with one attached hydrogen (secondary N) is 2. The first kappa shape index (κ1) is 19.1. The highest BCUT2D eigenvalue weighted by molar-refractivity contribution is 5.90. The number of benzene rings is 1. The van der Waals surface area contributed by atoms with Gasteiger partial charge in [0.15, 0.2) is 6.61 Å². The van der Waals surface area contributed by atoms with E-state index in [2.05, 4.69) is 15.0 Å². The molecular weight excluding hydrogens is 350 g/mol. The van der Waals surface area contributed by atoms with Gasteiger partial charge in [-0.25, -0.2) is 4.79 Å². The summed E-state index contributed by atoms with van der Waals surface area (Å²) in [5.74, 6) is -1.37. The molecule has 1 aromatic heterocycles. The Kier molecular flexibility index (Phi) is 6.84. The fraction of sp³-hybridized carbons (Fsp3) is 0.235. The van der Waals surface area contributed by atoms with E-state index in [0.717, 1.165) is 5.56 Å². The number of alkyl halides is 2. The average molecular weight is 366 g/mol. The molecule has 0 bridgehead atoms. The Balaban J connectivity index is 1.71. The number of amides is 1. The third-order valence-corrected chi connectivity index (χ3v) is 3.26. The molecule has 2 aromatic rings. The lowest BCUT2D eigenvalue weighted by atomic mass is 10.1. The number of halogens is 2.